The van der Waals surface area contributed by atoms with E-state index in [0.717, 1.165) is 33.5 Å². The molecule has 1 heterocycles. The number of aromatic nitrogens is 1. The lowest BCUT2D eigenvalue weighted by Gasteiger charge is -2.21. The summed E-state index contributed by atoms with van der Waals surface area (Å²) in [6.45, 7) is 4.15. The summed E-state index contributed by atoms with van der Waals surface area (Å²) < 4.78 is 4.62. The Balaban J connectivity index is 1.37. The van der Waals surface area contributed by atoms with Gasteiger partial charge >= 0.3 is 5.97 Å². The molecule has 0 saturated heterocycles. The van der Waals surface area contributed by atoms with E-state index in [2.05, 4.69) is 46.3 Å². The molecule has 0 saturated carbocycles. The first-order chi connectivity index (χ1) is 18.8. The van der Waals surface area contributed by atoms with Crippen molar-refractivity contribution >= 4 is 39.9 Å². The predicted molar refractivity (Wildman–Crippen MR) is 156 cm³/mol. The second-order valence-electron chi connectivity index (χ2n) is 10.1. The molecule has 0 radical (unpaired) electrons. The number of aromatic amines is 1. The number of hydrogen-bond acceptors (Lipinski definition) is 5. The Hall–Kier alpha value is -4.39. The molecule has 3 aromatic carbocycles. The summed E-state index contributed by atoms with van der Waals surface area (Å²) in [5.74, 6) is -0.168. The Bertz CT molecular complexity index is 1390. The van der Waals surface area contributed by atoms with E-state index in [0.29, 0.717) is 24.3 Å². The molecule has 4 aromatic rings. The highest BCUT2D eigenvalue weighted by molar-refractivity contribution is 5.98. The number of carbonyl (C=O) groups excluding carboxylic acids is 3. The summed E-state index contributed by atoms with van der Waals surface area (Å²) in [6.07, 6.45) is 1.59. The first-order valence-corrected chi connectivity index (χ1v) is 13.3. The number of ketones is 1. The first-order valence-electron chi connectivity index (χ1n) is 13.3. The van der Waals surface area contributed by atoms with E-state index in [1.807, 2.05) is 54.6 Å². The fraction of sp³-hybridized carbons (Fsp3) is 0.281. The monoisotopic (exact) mass is 525 g/mol. The third kappa shape index (κ3) is 7.57. The molecule has 7 nitrogen and oxygen atoms in total. The van der Waals surface area contributed by atoms with Crippen LogP contribution >= 0.6 is 0 Å². The number of H-pyrrole nitrogens is 1. The molecule has 3 N–H and O–H groups in total. The third-order valence-electron chi connectivity index (χ3n) is 6.58. The normalized spacial score (nSPS) is 11.8. The van der Waals surface area contributed by atoms with Crippen molar-refractivity contribution in [1.29, 1.82) is 0 Å². The number of Topliss-reactive ketones (excluding diaryl/α,β-unsaturated/α-hetero) is 1. The predicted octanol–water partition coefficient (Wildman–Crippen LogP) is 6.83. The van der Waals surface area contributed by atoms with Gasteiger partial charge in [-0.2, -0.15) is 0 Å². The first kappa shape index (κ1) is 27.6. The minimum atomic E-state index is -0.444. The number of fused-ring (bicyclic) bond motifs is 1. The molecule has 4 rings (SSSR count). The van der Waals surface area contributed by atoms with Gasteiger partial charge in [0.05, 0.1) is 7.11 Å². The Kier molecular flexibility index (Phi) is 9.15. The van der Waals surface area contributed by atoms with E-state index in [4.69, 9.17) is 0 Å². The molecule has 0 aliphatic carbocycles. The number of amides is 1. The van der Waals surface area contributed by atoms with Crippen LogP contribution in [-0.4, -0.2) is 35.8 Å². The van der Waals surface area contributed by atoms with Crippen molar-refractivity contribution in [3.05, 3.63) is 84.4 Å². The van der Waals surface area contributed by atoms with Crippen LogP contribution < -0.4 is 10.6 Å². The minimum Gasteiger partial charge on any atom is -0.469 e. The lowest BCUT2D eigenvalue weighted by Crippen LogP contribution is -2.35. The number of rotatable bonds is 12. The highest BCUT2D eigenvalue weighted by Crippen LogP contribution is 2.25. The molecule has 0 unspecified atom stereocenters. The van der Waals surface area contributed by atoms with Crippen molar-refractivity contribution in [2.75, 3.05) is 17.7 Å². The maximum Gasteiger partial charge on any atom is 0.305 e. The molecule has 7 heteroatoms. The molecule has 1 amide bonds. The molecule has 0 fully saturated rings. The number of hydrogen-bond donors (Lipinski definition) is 3. The highest BCUT2D eigenvalue weighted by atomic mass is 16.5. The standard InChI is InChI=1S/C32H35N3O4/c1-21(2)19-29(33-25-17-13-23(14-18-25)30(36)9-6-10-31(37)39-3)32(38)34-26-15-11-22(12-16-26)28-20-24-7-4-5-8-27(24)35-28/h4-5,7-8,11-18,20-21,29,33,35H,6,9-10,19H2,1-3H3,(H,34,38)/t29-/m0/s1. The lowest BCUT2D eigenvalue weighted by atomic mass is 10.0. The highest BCUT2D eigenvalue weighted by Gasteiger charge is 2.20. The zero-order valence-electron chi connectivity index (χ0n) is 22.6. The molecule has 0 aliphatic rings. The van der Waals surface area contributed by atoms with Crippen LogP contribution in [0.2, 0.25) is 0 Å². The van der Waals surface area contributed by atoms with Crippen LogP contribution in [0.15, 0.2) is 78.9 Å². The van der Waals surface area contributed by atoms with Gasteiger partial charge in [0, 0.05) is 46.4 Å². The number of ether oxygens (including phenoxy) is 1. The summed E-state index contributed by atoms with van der Waals surface area (Å²) >= 11 is 0. The van der Waals surface area contributed by atoms with Crippen LogP contribution in [-0.2, 0) is 14.3 Å². The van der Waals surface area contributed by atoms with Gasteiger partial charge in [-0.1, -0.05) is 44.2 Å². The van der Waals surface area contributed by atoms with Gasteiger partial charge in [0.25, 0.3) is 0 Å². The van der Waals surface area contributed by atoms with Gasteiger partial charge in [0.2, 0.25) is 5.91 Å². The number of carbonyl (C=O) groups is 3. The molecular weight excluding hydrogens is 490 g/mol. The van der Waals surface area contributed by atoms with Gasteiger partial charge in [-0.15, -0.1) is 0 Å². The van der Waals surface area contributed by atoms with Crippen LogP contribution in [0, 0.1) is 5.92 Å². The van der Waals surface area contributed by atoms with Gasteiger partial charge in [0.15, 0.2) is 5.78 Å². The topological polar surface area (TPSA) is 100 Å². The summed E-state index contributed by atoms with van der Waals surface area (Å²) in [5, 5.41) is 7.52. The Morgan fingerprint density at radius 1 is 0.872 bits per heavy atom. The number of benzene rings is 3. The van der Waals surface area contributed by atoms with E-state index < -0.39 is 6.04 Å². The number of esters is 1. The molecule has 0 aliphatic heterocycles. The summed E-state index contributed by atoms with van der Waals surface area (Å²) in [7, 11) is 1.34. The van der Waals surface area contributed by atoms with Crippen molar-refractivity contribution in [2.24, 2.45) is 5.92 Å². The molecule has 0 spiro atoms. The molecule has 202 valence electrons. The quantitative estimate of drug-likeness (QED) is 0.139. The molecule has 39 heavy (non-hydrogen) atoms. The lowest BCUT2D eigenvalue weighted by molar-refractivity contribution is -0.140. The van der Waals surface area contributed by atoms with Gasteiger partial charge < -0.3 is 20.4 Å². The van der Waals surface area contributed by atoms with Crippen molar-refractivity contribution in [3.8, 4) is 11.3 Å². The largest absolute Gasteiger partial charge is 0.469 e. The van der Waals surface area contributed by atoms with Crippen molar-refractivity contribution in [2.45, 2.75) is 45.6 Å². The Morgan fingerprint density at radius 3 is 2.23 bits per heavy atom. The van der Waals surface area contributed by atoms with E-state index >= 15 is 0 Å². The van der Waals surface area contributed by atoms with E-state index in [-0.39, 0.29) is 30.5 Å². The third-order valence-corrected chi connectivity index (χ3v) is 6.58. The molecule has 1 atom stereocenters. The average Bonchev–Trinajstić information content (AvgIpc) is 3.37. The van der Waals surface area contributed by atoms with Crippen molar-refractivity contribution in [3.63, 3.8) is 0 Å². The van der Waals surface area contributed by atoms with Gasteiger partial charge in [-0.3, -0.25) is 14.4 Å². The number of anilines is 2. The summed E-state index contributed by atoms with van der Waals surface area (Å²) in [4.78, 5) is 40.3. The second kappa shape index (κ2) is 12.9. The molecular formula is C32H35N3O4. The van der Waals surface area contributed by atoms with Crippen LogP contribution in [0.4, 0.5) is 11.4 Å². The second-order valence-corrected chi connectivity index (χ2v) is 10.1. The molecule has 1 aromatic heterocycles. The zero-order valence-corrected chi connectivity index (χ0v) is 22.6. The zero-order chi connectivity index (χ0) is 27.8. The van der Waals surface area contributed by atoms with E-state index in [9.17, 15) is 14.4 Å². The number of para-hydroxylation sites is 1. The fourth-order valence-corrected chi connectivity index (χ4v) is 4.49. The Labute approximate surface area is 229 Å². The summed E-state index contributed by atoms with van der Waals surface area (Å²) in [6, 6.07) is 24.7. The van der Waals surface area contributed by atoms with Gasteiger partial charge in [0.1, 0.15) is 6.04 Å². The number of methoxy groups -OCH3 is 1. The maximum absolute atomic E-state index is 13.2. The smallest absolute Gasteiger partial charge is 0.305 e. The average molecular weight is 526 g/mol. The summed E-state index contributed by atoms with van der Waals surface area (Å²) in [5.41, 5.74) is 5.22. The van der Waals surface area contributed by atoms with Crippen molar-refractivity contribution < 1.29 is 19.1 Å². The SMILES string of the molecule is COC(=O)CCCC(=O)c1ccc(N[C@@H](CC(C)C)C(=O)Nc2ccc(-c3cc4ccccc4[nH]3)cc2)cc1. The van der Waals surface area contributed by atoms with E-state index in [1.54, 1.807) is 12.1 Å². The van der Waals surface area contributed by atoms with Gasteiger partial charge in [-0.25, -0.2) is 0 Å². The number of nitrogens with one attached hydrogen (secondary N) is 3. The van der Waals surface area contributed by atoms with Crippen LogP contribution in [0.3, 0.4) is 0 Å². The van der Waals surface area contributed by atoms with Crippen molar-refractivity contribution in [1.82, 2.24) is 4.98 Å². The van der Waals surface area contributed by atoms with E-state index in [1.165, 1.54) is 7.11 Å². The Morgan fingerprint density at radius 2 is 1.56 bits per heavy atom. The van der Waals surface area contributed by atoms with Crippen LogP contribution in [0.25, 0.3) is 22.2 Å². The maximum atomic E-state index is 13.2. The van der Waals surface area contributed by atoms with Crippen LogP contribution in [0.5, 0.6) is 0 Å². The van der Waals surface area contributed by atoms with Gasteiger partial charge in [-0.05, 0) is 72.9 Å². The van der Waals surface area contributed by atoms with Crippen LogP contribution in [0.1, 0.15) is 49.9 Å². The molecule has 0 bridgehead atoms. The minimum absolute atomic E-state index is 0.0298. The fourth-order valence-electron chi connectivity index (χ4n) is 4.49.